The molecule has 1 atom stereocenters. The predicted molar refractivity (Wildman–Crippen MR) is 74.0 cm³/mol. The van der Waals surface area contributed by atoms with Crippen molar-refractivity contribution in [3.05, 3.63) is 35.9 Å². The van der Waals surface area contributed by atoms with Crippen LogP contribution in [0.1, 0.15) is 31.2 Å². The van der Waals surface area contributed by atoms with E-state index in [1.165, 1.54) is 12.0 Å². The summed E-state index contributed by atoms with van der Waals surface area (Å²) >= 11 is 0. The molecule has 0 aromatic heterocycles. The van der Waals surface area contributed by atoms with Crippen molar-refractivity contribution in [1.82, 2.24) is 0 Å². The monoisotopic (exact) mass is 263 g/mol. The third kappa shape index (κ3) is 6.19. The zero-order chi connectivity index (χ0) is 13.2. The maximum absolute atomic E-state index is 5.60. The second kappa shape index (κ2) is 9.08. The maximum Gasteiger partial charge on any atom is 0.157 e. The summed E-state index contributed by atoms with van der Waals surface area (Å²) in [4.78, 5) is 0. The molecule has 1 aliphatic heterocycles. The van der Waals surface area contributed by atoms with E-state index in [2.05, 4.69) is 12.1 Å². The van der Waals surface area contributed by atoms with E-state index >= 15 is 0 Å². The van der Waals surface area contributed by atoms with Crippen LogP contribution in [0.2, 0.25) is 0 Å². The molecule has 0 bridgehead atoms. The minimum absolute atomic E-state index is 0.00259. The summed E-state index contributed by atoms with van der Waals surface area (Å²) in [6, 6.07) is 11.2. The SMILES string of the molecule is [c]1cccc(CCCOCCOC2CCCCO2)c1. The summed E-state index contributed by atoms with van der Waals surface area (Å²) < 4.78 is 16.6. The normalized spacial score (nSPS) is 19.5. The Kier molecular flexibility index (Phi) is 6.93. The molecule has 1 heterocycles. The Hall–Kier alpha value is -0.900. The fraction of sp³-hybridized carbons (Fsp3) is 0.625. The lowest BCUT2D eigenvalue weighted by atomic mass is 10.1. The molecule has 3 nitrogen and oxygen atoms in total. The number of benzene rings is 1. The van der Waals surface area contributed by atoms with Gasteiger partial charge in [-0.2, -0.15) is 0 Å². The second-order valence-corrected chi connectivity index (χ2v) is 4.79. The van der Waals surface area contributed by atoms with Crippen molar-refractivity contribution in [3.8, 4) is 0 Å². The Bertz CT molecular complexity index is 320. The number of rotatable bonds is 8. The van der Waals surface area contributed by atoms with Gasteiger partial charge in [0.1, 0.15) is 0 Å². The van der Waals surface area contributed by atoms with Gasteiger partial charge < -0.3 is 14.2 Å². The van der Waals surface area contributed by atoms with Gasteiger partial charge in [0.05, 0.1) is 13.2 Å². The number of hydrogen-bond acceptors (Lipinski definition) is 3. The highest BCUT2D eigenvalue weighted by Crippen LogP contribution is 2.13. The lowest BCUT2D eigenvalue weighted by Crippen LogP contribution is -2.24. The molecule has 1 aliphatic rings. The highest BCUT2D eigenvalue weighted by molar-refractivity contribution is 5.13. The number of aryl methyl sites for hydroxylation is 1. The molecule has 1 saturated heterocycles. The van der Waals surface area contributed by atoms with Crippen LogP contribution in [0.5, 0.6) is 0 Å². The van der Waals surface area contributed by atoms with Crippen molar-refractivity contribution in [2.45, 2.75) is 38.4 Å². The zero-order valence-corrected chi connectivity index (χ0v) is 11.5. The van der Waals surface area contributed by atoms with Gasteiger partial charge in [-0.1, -0.05) is 24.3 Å². The predicted octanol–water partition coefficient (Wildman–Crippen LogP) is 2.98. The van der Waals surface area contributed by atoms with Crippen LogP contribution < -0.4 is 0 Å². The molecule has 2 rings (SSSR count). The van der Waals surface area contributed by atoms with Gasteiger partial charge in [-0.15, -0.1) is 0 Å². The van der Waals surface area contributed by atoms with Gasteiger partial charge in [0.15, 0.2) is 6.29 Å². The third-order valence-corrected chi connectivity index (χ3v) is 3.19. The largest absolute Gasteiger partial charge is 0.379 e. The molecule has 0 N–H and O–H groups in total. The van der Waals surface area contributed by atoms with E-state index in [4.69, 9.17) is 14.2 Å². The molecule has 1 aromatic rings. The summed E-state index contributed by atoms with van der Waals surface area (Å²) in [5.74, 6) is 0. The zero-order valence-electron chi connectivity index (χ0n) is 11.5. The van der Waals surface area contributed by atoms with E-state index in [1.807, 2.05) is 18.2 Å². The molecular formula is C16H23O3. The molecule has 1 aromatic carbocycles. The van der Waals surface area contributed by atoms with Crippen LogP contribution in [-0.2, 0) is 20.6 Å². The van der Waals surface area contributed by atoms with Crippen LogP contribution in [0.25, 0.3) is 0 Å². The summed E-state index contributed by atoms with van der Waals surface area (Å²) in [5, 5.41) is 0. The van der Waals surface area contributed by atoms with Gasteiger partial charge in [-0.05, 0) is 43.7 Å². The first-order valence-corrected chi connectivity index (χ1v) is 7.21. The summed E-state index contributed by atoms with van der Waals surface area (Å²) in [5.41, 5.74) is 1.32. The minimum atomic E-state index is -0.00259. The van der Waals surface area contributed by atoms with Crippen molar-refractivity contribution < 1.29 is 14.2 Å². The molecule has 3 heteroatoms. The van der Waals surface area contributed by atoms with Crippen LogP contribution in [0.3, 0.4) is 0 Å². The van der Waals surface area contributed by atoms with Gasteiger partial charge >= 0.3 is 0 Å². The van der Waals surface area contributed by atoms with E-state index in [0.717, 1.165) is 38.9 Å². The first-order valence-electron chi connectivity index (χ1n) is 7.21. The van der Waals surface area contributed by atoms with Crippen LogP contribution >= 0.6 is 0 Å². The molecule has 0 amide bonds. The van der Waals surface area contributed by atoms with Crippen molar-refractivity contribution in [2.24, 2.45) is 0 Å². The number of ether oxygens (including phenoxy) is 3. The average Bonchev–Trinajstić information content (AvgIpc) is 2.48. The summed E-state index contributed by atoms with van der Waals surface area (Å²) in [6.45, 7) is 2.90. The fourth-order valence-corrected chi connectivity index (χ4v) is 2.15. The minimum Gasteiger partial charge on any atom is -0.379 e. The molecule has 1 radical (unpaired) electrons. The Balaban J connectivity index is 1.42. The van der Waals surface area contributed by atoms with E-state index < -0.39 is 0 Å². The smallest absolute Gasteiger partial charge is 0.157 e. The van der Waals surface area contributed by atoms with Gasteiger partial charge in [0.25, 0.3) is 0 Å². The van der Waals surface area contributed by atoms with Crippen molar-refractivity contribution in [3.63, 3.8) is 0 Å². The van der Waals surface area contributed by atoms with E-state index in [1.54, 1.807) is 0 Å². The summed E-state index contributed by atoms with van der Waals surface area (Å²) in [6.07, 6.45) is 5.47. The van der Waals surface area contributed by atoms with Gasteiger partial charge in [-0.3, -0.25) is 0 Å². The molecule has 0 aliphatic carbocycles. The Morgan fingerprint density at radius 1 is 1.26 bits per heavy atom. The summed E-state index contributed by atoms with van der Waals surface area (Å²) in [7, 11) is 0. The van der Waals surface area contributed by atoms with Crippen LogP contribution in [0, 0.1) is 6.07 Å². The quantitative estimate of drug-likeness (QED) is 0.675. The molecule has 1 unspecified atom stereocenters. The topological polar surface area (TPSA) is 27.7 Å². The molecule has 0 saturated carbocycles. The van der Waals surface area contributed by atoms with Crippen LogP contribution in [0.15, 0.2) is 24.3 Å². The van der Waals surface area contributed by atoms with Crippen molar-refractivity contribution >= 4 is 0 Å². The molecule has 19 heavy (non-hydrogen) atoms. The Morgan fingerprint density at radius 2 is 2.26 bits per heavy atom. The lowest BCUT2D eigenvalue weighted by molar-refractivity contribution is -0.169. The average molecular weight is 263 g/mol. The first-order chi connectivity index (χ1) is 9.45. The van der Waals surface area contributed by atoms with E-state index in [-0.39, 0.29) is 6.29 Å². The molecule has 105 valence electrons. The molecule has 0 spiro atoms. The van der Waals surface area contributed by atoms with E-state index in [9.17, 15) is 0 Å². The maximum atomic E-state index is 5.60. The standard InChI is InChI=1S/C16H23O3/c1-2-7-15(8-3-1)9-6-11-17-13-14-19-16-10-4-5-12-18-16/h1-2,7-8,16H,4-6,9-14H2. The van der Waals surface area contributed by atoms with Gasteiger partial charge in [-0.25, -0.2) is 0 Å². The highest BCUT2D eigenvalue weighted by atomic mass is 16.7. The van der Waals surface area contributed by atoms with Crippen LogP contribution in [0.4, 0.5) is 0 Å². The Morgan fingerprint density at radius 3 is 3.05 bits per heavy atom. The van der Waals surface area contributed by atoms with Crippen LogP contribution in [-0.4, -0.2) is 32.7 Å². The molecular weight excluding hydrogens is 240 g/mol. The first kappa shape index (κ1) is 14.5. The van der Waals surface area contributed by atoms with E-state index in [0.29, 0.717) is 13.2 Å². The third-order valence-electron chi connectivity index (χ3n) is 3.19. The van der Waals surface area contributed by atoms with Crippen molar-refractivity contribution in [1.29, 1.82) is 0 Å². The molecule has 1 fully saturated rings. The van der Waals surface area contributed by atoms with Crippen molar-refractivity contribution in [2.75, 3.05) is 26.4 Å². The fourth-order valence-electron chi connectivity index (χ4n) is 2.15. The lowest BCUT2D eigenvalue weighted by Gasteiger charge is -2.22. The second-order valence-electron chi connectivity index (χ2n) is 4.79. The van der Waals surface area contributed by atoms with Gasteiger partial charge in [0, 0.05) is 13.2 Å². The Labute approximate surface area is 115 Å². The van der Waals surface area contributed by atoms with Gasteiger partial charge in [0.2, 0.25) is 0 Å². The highest BCUT2D eigenvalue weighted by Gasteiger charge is 2.13. The number of hydrogen-bond donors (Lipinski definition) is 0.